The molecule has 1 aromatic carbocycles. The minimum absolute atomic E-state index is 0.0349. The van der Waals surface area contributed by atoms with Gasteiger partial charge in [-0.1, -0.05) is 0 Å². The molecule has 0 aromatic heterocycles. The van der Waals surface area contributed by atoms with Crippen molar-refractivity contribution in [3.63, 3.8) is 0 Å². The lowest BCUT2D eigenvalue weighted by Gasteiger charge is -2.17. The molecule has 0 unspecified atom stereocenters. The molecular formula is C11H13F2NO. The minimum Gasteiger partial charge on any atom is -0.377 e. The summed E-state index contributed by atoms with van der Waals surface area (Å²) in [6.07, 6.45) is 0.851. The maximum absolute atomic E-state index is 13.3. The second-order valence-corrected chi connectivity index (χ2v) is 3.74. The summed E-state index contributed by atoms with van der Waals surface area (Å²) in [6.45, 7) is 2.58. The molecule has 0 bridgehead atoms. The summed E-state index contributed by atoms with van der Waals surface area (Å²) >= 11 is 0. The lowest BCUT2D eigenvalue weighted by molar-refractivity contribution is 0.121. The Morgan fingerprint density at radius 1 is 1.40 bits per heavy atom. The number of hydrogen-bond acceptors (Lipinski definition) is 2. The maximum atomic E-state index is 13.3. The average molecular weight is 213 g/mol. The van der Waals surface area contributed by atoms with Crippen LogP contribution in [0.1, 0.15) is 13.3 Å². The van der Waals surface area contributed by atoms with Crippen LogP contribution < -0.4 is 5.32 Å². The molecule has 0 spiro atoms. The van der Waals surface area contributed by atoms with Gasteiger partial charge in [0.25, 0.3) is 0 Å². The van der Waals surface area contributed by atoms with E-state index in [4.69, 9.17) is 4.74 Å². The van der Waals surface area contributed by atoms with Crippen LogP contribution in [0.15, 0.2) is 18.2 Å². The van der Waals surface area contributed by atoms with Crippen LogP contribution in [0, 0.1) is 11.6 Å². The van der Waals surface area contributed by atoms with E-state index in [0.717, 1.165) is 18.6 Å². The van der Waals surface area contributed by atoms with Gasteiger partial charge in [-0.05, 0) is 31.5 Å². The van der Waals surface area contributed by atoms with Gasteiger partial charge in [0.2, 0.25) is 0 Å². The Morgan fingerprint density at radius 2 is 2.20 bits per heavy atom. The van der Waals surface area contributed by atoms with Crippen molar-refractivity contribution in [3.05, 3.63) is 29.8 Å². The van der Waals surface area contributed by atoms with Crippen molar-refractivity contribution >= 4 is 5.69 Å². The molecule has 82 valence electrons. The van der Waals surface area contributed by atoms with E-state index in [9.17, 15) is 8.78 Å². The van der Waals surface area contributed by atoms with E-state index in [0.29, 0.717) is 6.61 Å². The zero-order valence-corrected chi connectivity index (χ0v) is 8.47. The van der Waals surface area contributed by atoms with Gasteiger partial charge in [-0.2, -0.15) is 0 Å². The van der Waals surface area contributed by atoms with Crippen LogP contribution in [0.5, 0.6) is 0 Å². The second-order valence-electron chi connectivity index (χ2n) is 3.74. The number of anilines is 1. The monoisotopic (exact) mass is 213 g/mol. The highest BCUT2D eigenvalue weighted by Crippen LogP contribution is 2.21. The highest BCUT2D eigenvalue weighted by molar-refractivity contribution is 5.46. The summed E-state index contributed by atoms with van der Waals surface area (Å²) in [5, 5.41) is 2.96. The van der Waals surface area contributed by atoms with Crippen molar-refractivity contribution < 1.29 is 13.5 Å². The van der Waals surface area contributed by atoms with E-state index < -0.39 is 11.6 Å². The van der Waals surface area contributed by atoms with Crippen LogP contribution in [0.2, 0.25) is 0 Å². The first-order valence-electron chi connectivity index (χ1n) is 5.00. The number of nitrogens with one attached hydrogen (secondary N) is 1. The molecule has 1 aromatic rings. The van der Waals surface area contributed by atoms with E-state index in [1.54, 1.807) is 0 Å². The third-order valence-corrected chi connectivity index (χ3v) is 2.65. The van der Waals surface area contributed by atoms with Crippen molar-refractivity contribution in [2.75, 3.05) is 11.9 Å². The summed E-state index contributed by atoms with van der Waals surface area (Å²) in [5.41, 5.74) is 0.206. The van der Waals surface area contributed by atoms with Gasteiger partial charge in [-0.3, -0.25) is 0 Å². The molecule has 2 atom stereocenters. The SMILES string of the molecule is C[C@@H]1OCC[C@@H]1Nc1cc(F)ccc1F. The Kier molecular flexibility index (Phi) is 2.86. The number of rotatable bonds is 2. The molecule has 0 aliphatic carbocycles. The predicted molar refractivity (Wildman–Crippen MR) is 53.8 cm³/mol. The first-order valence-corrected chi connectivity index (χ1v) is 5.00. The fourth-order valence-electron chi connectivity index (χ4n) is 1.73. The van der Waals surface area contributed by atoms with Crippen molar-refractivity contribution in [2.45, 2.75) is 25.5 Å². The van der Waals surface area contributed by atoms with Gasteiger partial charge in [0, 0.05) is 6.61 Å². The number of hydrogen-bond donors (Lipinski definition) is 1. The molecule has 0 saturated carbocycles. The fraction of sp³-hybridized carbons (Fsp3) is 0.455. The Bertz CT molecular complexity index is 356. The first-order chi connectivity index (χ1) is 7.16. The van der Waals surface area contributed by atoms with Crippen LogP contribution in [-0.4, -0.2) is 18.8 Å². The summed E-state index contributed by atoms with van der Waals surface area (Å²) in [7, 11) is 0. The van der Waals surface area contributed by atoms with Gasteiger partial charge in [0.15, 0.2) is 0 Å². The van der Waals surface area contributed by atoms with Crippen LogP contribution in [-0.2, 0) is 4.74 Å². The number of halogens is 2. The molecule has 4 heteroatoms. The molecule has 1 aliphatic heterocycles. The molecule has 0 amide bonds. The van der Waals surface area contributed by atoms with Crippen molar-refractivity contribution in [1.82, 2.24) is 0 Å². The van der Waals surface area contributed by atoms with Crippen molar-refractivity contribution in [1.29, 1.82) is 0 Å². The summed E-state index contributed by atoms with van der Waals surface area (Å²) in [6, 6.07) is 3.45. The van der Waals surface area contributed by atoms with E-state index in [1.807, 2.05) is 6.92 Å². The average Bonchev–Trinajstić information content (AvgIpc) is 2.58. The molecule has 1 saturated heterocycles. The largest absolute Gasteiger partial charge is 0.377 e. The van der Waals surface area contributed by atoms with Crippen LogP contribution in [0.25, 0.3) is 0 Å². The van der Waals surface area contributed by atoms with Gasteiger partial charge in [-0.15, -0.1) is 0 Å². The molecule has 15 heavy (non-hydrogen) atoms. The van der Waals surface area contributed by atoms with Crippen LogP contribution in [0.4, 0.5) is 14.5 Å². The lowest BCUT2D eigenvalue weighted by Crippen LogP contribution is -2.27. The molecule has 1 aliphatic rings. The minimum atomic E-state index is -0.439. The maximum Gasteiger partial charge on any atom is 0.146 e. The van der Waals surface area contributed by atoms with Crippen LogP contribution >= 0.6 is 0 Å². The van der Waals surface area contributed by atoms with Crippen LogP contribution in [0.3, 0.4) is 0 Å². The quantitative estimate of drug-likeness (QED) is 0.815. The molecule has 2 rings (SSSR count). The van der Waals surface area contributed by atoms with Crippen molar-refractivity contribution in [3.8, 4) is 0 Å². The van der Waals surface area contributed by atoms with Gasteiger partial charge in [0.1, 0.15) is 11.6 Å². The molecule has 1 N–H and O–H groups in total. The summed E-state index contributed by atoms with van der Waals surface area (Å²) in [4.78, 5) is 0. The Hall–Kier alpha value is -1.16. The van der Waals surface area contributed by atoms with E-state index in [-0.39, 0.29) is 17.8 Å². The highest BCUT2D eigenvalue weighted by Gasteiger charge is 2.24. The predicted octanol–water partition coefficient (Wildman–Crippen LogP) is 2.55. The molecule has 1 fully saturated rings. The third-order valence-electron chi connectivity index (χ3n) is 2.65. The topological polar surface area (TPSA) is 21.3 Å². The van der Waals surface area contributed by atoms with Gasteiger partial charge in [-0.25, -0.2) is 8.78 Å². The van der Waals surface area contributed by atoms with Gasteiger partial charge < -0.3 is 10.1 Å². The zero-order valence-electron chi connectivity index (χ0n) is 8.47. The molecular weight excluding hydrogens is 200 g/mol. The molecule has 0 radical (unpaired) electrons. The number of ether oxygens (including phenoxy) is 1. The summed E-state index contributed by atoms with van der Waals surface area (Å²) in [5.74, 6) is -0.874. The van der Waals surface area contributed by atoms with E-state index in [2.05, 4.69) is 5.32 Å². The van der Waals surface area contributed by atoms with Gasteiger partial charge in [0.05, 0.1) is 17.8 Å². The molecule has 1 heterocycles. The van der Waals surface area contributed by atoms with E-state index >= 15 is 0 Å². The zero-order chi connectivity index (χ0) is 10.8. The number of benzene rings is 1. The lowest BCUT2D eigenvalue weighted by atomic mass is 10.1. The standard InChI is InChI=1S/C11H13F2NO/c1-7-10(4-5-15-7)14-11-6-8(12)2-3-9(11)13/h2-3,6-7,10,14H,4-5H2,1H3/t7-,10-/m0/s1. The Labute approximate surface area is 87.2 Å². The first kappa shape index (κ1) is 10.4. The highest BCUT2D eigenvalue weighted by atomic mass is 19.1. The third kappa shape index (κ3) is 2.26. The van der Waals surface area contributed by atoms with Crippen molar-refractivity contribution in [2.24, 2.45) is 0 Å². The second kappa shape index (κ2) is 4.14. The Morgan fingerprint density at radius 3 is 2.87 bits per heavy atom. The Balaban J connectivity index is 2.12. The summed E-state index contributed by atoms with van der Waals surface area (Å²) < 4.78 is 31.5. The van der Waals surface area contributed by atoms with E-state index in [1.165, 1.54) is 6.07 Å². The van der Waals surface area contributed by atoms with Gasteiger partial charge >= 0.3 is 0 Å². The molecule has 2 nitrogen and oxygen atoms in total. The smallest absolute Gasteiger partial charge is 0.146 e. The normalized spacial score (nSPS) is 25.5. The fourth-order valence-corrected chi connectivity index (χ4v) is 1.73.